The normalized spacial score (nSPS) is 11.7. The van der Waals surface area contributed by atoms with Crippen LogP contribution in [0.5, 0.6) is 0 Å². The minimum Gasteiger partial charge on any atom is -0.396 e. The summed E-state index contributed by atoms with van der Waals surface area (Å²) >= 11 is 12.5. The van der Waals surface area contributed by atoms with Gasteiger partial charge in [0.15, 0.2) is 5.96 Å². The number of primary amides is 1. The lowest BCUT2D eigenvalue weighted by molar-refractivity contribution is -0.140. The van der Waals surface area contributed by atoms with Gasteiger partial charge in [0.2, 0.25) is 11.8 Å². The van der Waals surface area contributed by atoms with Crippen molar-refractivity contribution in [2.24, 2.45) is 11.5 Å². The number of carbonyl (C=O) groups excluding carboxylic acids is 2. The Bertz CT molecular complexity index is 1190. The van der Waals surface area contributed by atoms with Gasteiger partial charge in [0.05, 0.1) is 15.7 Å². The highest BCUT2D eigenvalue weighted by atomic mass is 35.5. The Morgan fingerprint density at radius 2 is 1.45 bits per heavy atom. The zero-order valence-electron chi connectivity index (χ0n) is 20.9. The lowest BCUT2D eigenvalue weighted by Gasteiger charge is -2.32. The average Bonchev–Trinajstić information content (AvgIpc) is 2.89. The lowest BCUT2D eigenvalue weighted by Crippen LogP contribution is -2.48. The summed E-state index contributed by atoms with van der Waals surface area (Å²) in [6, 6.07) is 21.8. The van der Waals surface area contributed by atoms with Crippen molar-refractivity contribution < 1.29 is 9.59 Å². The monoisotopic (exact) mass is 554 g/mol. The summed E-state index contributed by atoms with van der Waals surface area (Å²) in [7, 11) is 0. The van der Waals surface area contributed by atoms with E-state index < -0.39 is 11.9 Å². The number of benzene rings is 3. The average molecular weight is 556 g/mol. The zero-order chi connectivity index (χ0) is 27.7. The summed E-state index contributed by atoms with van der Waals surface area (Å²) in [6.45, 7) is 0.417. The minimum atomic E-state index is -0.904. The van der Waals surface area contributed by atoms with Crippen molar-refractivity contribution in [2.45, 2.75) is 37.8 Å². The van der Waals surface area contributed by atoms with Crippen LogP contribution in [0.1, 0.15) is 41.9 Å². The fraction of sp³-hybridized carbons (Fsp3) is 0.250. The first-order valence-electron chi connectivity index (χ1n) is 12.2. The maximum atomic E-state index is 14.0. The minimum absolute atomic E-state index is 0.0581. The van der Waals surface area contributed by atoms with Crippen molar-refractivity contribution in [3.63, 3.8) is 0 Å². The molecule has 0 spiro atoms. The molecule has 0 aliphatic carbocycles. The second-order valence-electron chi connectivity index (χ2n) is 8.97. The Morgan fingerprint density at radius 3 is 1.92 bits per heavy atom. The molecule has 38 heavy (non-hydrogen) atoms. The zero-order valence-corrected chi connectivity index (χ0v) is 22.4. The predicted octanol–water partition coefficient (Wildman–Crippen LogP) is 4.24. The summed E-state index contributed by atoms with van der Waals surface area (Å²) in [5.41, 5.74) is 19.9. The van der Waals surface area contributed by atoms with Gasteiger partial charge in [-0.1, -0.05) is 83.9 Å². The highest BCUT2D eigenvalue weighted by Crippen LogP contribution is 2.32. The summed E-state index contributed by atoms with van der Waals surface area (Å²) in [5, 5.41) is 10.6. The van der Waals surface area contributed by atoms with Crippen molar-refractivity contribution in [1.29, 1.82) is 5.41 Å². The molecule has 3 rings (SSSR count). The molecule has 0 aliphatic rings. The molecule has 0 radical (unpaired) electrons. The van der Waals surface area contributed by atoms with Gasteiger partial charge in [0.25, 0.3) is 0 Å². The highest BCUT2D eigenvalue weighted by Gasteiger charge is 2.30. The van der Waals surface area contributed by atoms with Crippen LogP contribution in [0.25, 0.3) is 0 Å². The maximum Gasteiger partial charge on any atom is 0.240 e. The summed E-state index contributed by atoms with van der Waals surface area (Å²) < 4.78 is 0. The number of halogens is 2. The molecule has 0 saturated heterocycles. The van der Waals surface area contributed by atoms with E-state index >= 15 is 0 Å². The first kappa shape index (κ1) is 28.8. The van der Waals surface area contributed by atoms with Crippen LogP contribution in [0, 0.1) is 5.41 Å². The molecule has 0 unspecified atom stereocenters. The Morgan fingerprint density at radius 1 is 0.921 bits per heavy atom. The third-order valence-corrected chi connectivity index (χ3v) is 6.89. The summed E-state index contributed by atoms with van der Waals surface area (Å²) in [6.07, 6.45) is 0.847. The number of anilines is 1. The Balaban J connectivity index is 1.96. The second-order valence-corrected chi connectivity index (χ2v) is 9.79. The number of guanidine groups is 1. The number of rotatable bonds is 12. The second kappa shape index (κ2) is 13.7. The van der Waals surface area contributed by atoms with E-state index in [2.05, 4.69) is 5.32 Å². The predicted molar refractivity (Wildman–Crippen MR) is 153 cm³/mol. The van der Waals surface area contributed by atoms with Crippen LogP contribution in [-0.4, -0.2) is 35.3 Å². The van der Waals surface area contributed by atoms with E-state index in [0.717, 1.165) is 11.1 Å². The molecule has 200 valence electrons. The maximum absolute atomic E-state index is 14.0. The van der Waals surface area contributed by atoms with Gasteiger partial charge in [-0.15, -0.1) is 0 Å². The first-order chi connectivity index (χ1) is 18.2. The van der Waals surface area contributed by atoms with E-state index in [0.29, 0.717) is 18.5 Å². The molecule has 0 heterocycles. The smallest absolute Gasteiger partial charge is 0.240 e. The molecule has 0 aliphatic heterocycles. The molecule has 8 nitrogen and oxygen atoms in total. The number of carbonyl (C=O) groups is 2. The van der Waals surface area contributed by atoms with Gasteiger partial charge < -0.3 is 27.4 Å². The Labute approximate surface area is 232 Å². The number of hydrogen-bond donors (Lipinski definition) is 5. The summed E-state index contributed by atoms with van der Waals surface area (Å²) in [5.74, 6) is -1.30. The fourth-order valence-corrected chi connectivity index (χ4v) is 4.89. The third-order valence-electron chi connectivity index (χ3n) is 6.27. The molecule has 2 amide bonds. The van der Waals surface area contributed by atoms with Gasteiger partial charge in [-0.2, -0.15) is 0 Å². The van der Waals surface area contributed by atoms with E-state index in [1.54, 1.807) is 12.1 Å². The molecule has 0 saturated carbocycles. The molecule has 10 heteroatoms. The van der Waals surface area contributed by atoms with E-state index in [1.165, 1.54) is 4.90 Å². The van der Waals surface area contributed by atoms with Crippen LogP contribution in [0.2, 0.25) is 10.0 Å². The van der Waals surface area contributed by atoms with Gasteiger partial charge in [-0.25, -0.2) is 0 Å². The highest BCUT2D eigenvalue weighted by molar-refractivity contribution is 6.38. The molecular weight excluding hydrogens is 523 g/mol. The molecule has 0 fully saturated rings. The number of amides is 2. The Kier molecular flexibility index (Phi) is 10.4. The van der Waals surface area contributed by atoms with Crippen molar-refractivity contribution in [2.75, 3.05) is 12.3 Å². The van der Waals surface area contributed by atoms with Gasteiger partial charge in [0, 0.05) is 25.4 Å². The van der Waals surface area contributed by atoms with Crippen LogP contribution in [-0.2, 0) is 16.1 Å². The van der Waals surface area contributed by atoms with Gasteiger partial charge in [-0.05, 0) is 41.7 Å². The SMILES string of the molecule is N=C(N)NCCC[C@H](C(N)=O)N(Cc1cc(Cl)c(N)c(Cl)c1)C(=O)CC(c1ccccc1)c1ccccc1. The number of nitrogens with zero attached hydrogens (tertiary/aromatic N) is 1. The first-order valence-corrected chi connectivity index (χ1v) is 12.9. The van der Waals surface area contributed by atoms with Crippen molar-refractivity contribution in [3.05, 3.63) is 99.5 Å². The van der Waals surface area contributed by atoms with Gasteiger partial charge >= 0.3 is 0 Å². The Hall–Kier alpha value is -3.75. The number of nitrogens with one attached hydrogen (secondary N) is 2. The van der Waals surface area contributed by atoms with Crippen LogP contribution in [0.4, 0.5) is 5.69 Å². The van der Waals surface area contributed by atoms with E-state index in [-0.39, 0.29) is 52.9 Å². The number of nitrogen functional groups attached to an aromatic ring is 1. The summed E-state index contributed by atoms with van der Waals surface area (Å²) in [4.78, 5) is 28.1. The van der Waals surface area contributed by atoms with Gasteiger partial charge in [-0.3, -0.25) is 15.0 Å². The van der Waals surface area contributed by atoms with Crippen molar-refractivity contribution in [3.8, 4) is 0 Å². The largest absolute Gasteiger partial charge is 0.396 e. The quantitative estimate of drug-likeness (QED) is 0.0980. The van der Waals surface area contributed by atoms with Gasteiger partial charge in [0.1, 0.15) is 6.04 Å². The third kappa shape index (κ3) is 7.87. The molecule has 8 N–H and O–H groups in total. The topological polar surface area (TPSA) is 151 Å². The van der Waals surface area contributed by atoms with E-state index in [4.69, 9.17) is 45.8 Å². The number of nitrogens with two attached hydrogens (primary N) is 3. The fourth-order valence-electron chi connectivity index (χ4n) is 4.36. The molecule has 3 aromatic rings. The van der Waals surface area contributed by atoms with Crippen LogP contribution in [0.15, 0.2) is 72.8 Å². The van der Waals surface area contributed by atoms with E-state index in [1.807, 2.05) is 60.7 Å². The van der Waals surface area contributed by atoms with E-state index in [9.17, 15) is 9.59 Å². The van der Waals surface area contributed by atoms with Crippen molar-refractivity contribution >= 4 is 46.7 Å². The number of hydrogen-bond acceptors (Lipinski definition) is 4. The molecule has 0 bridgehead atoms. The molecule has 0 aromatic heterocycles. The van der Waals surface area contributed by atoms with Crippen LogP contribution < -0.4 is 22.5 Å². The lowest BCUT2D eigenvalue weighted by atomic mass is 9.88. The van der Waals surface area contributed by atoms with Crippen LogP contribution >= 0.6 is 23.2 Å². The van der Waals surface area contributed by atoms with Crippen molar-refractivity contribution in [1.82, 2.24) is 10.2 Å². The standard InChI is InChI=1S/C28H32Cl2N6O2/c29-22-14-18(15-23(30)26(22)31)17-36(24(27(32)38)12-7-13-35-28(33)34)25(37)16-21(19-8-3-1-4-9-19)20-10-5-2-6-11-20/h1-6,8-11,14-15,21,24H,7,12-13,16-17,31H2,(H2,32,38)(H4,33,34,35)/t24-/m1/s1. The molecular formula is C28H32Cl2N6O2. The molecule has 1 atom stereocenters. The molecule has 3 aromatic carbocycles. The van der Waals surface area contributed by atoms with Crippen LogP contribution in [0.3, 0.4) is 0 Å².